The molecule has 0 aliphatic carbocycles. The normalized spacial score (nSPS) is 10.8. The number of hydrogen-bond acceptors (Lipinski definition) is 3. The summed E-state index contributed by atoms with van der Waals surface area (Å²) in [5, 5.41) is 2.94. The highest BCUT2D eigenvalue weighted by Gasteiger charge is 2.18. The number of rotatable bonds is 4. The Morgan fingerprint density at radius 2 is 2.05 bits per heavy atom. The van der Waals surface area contributed by atoms with E-state index in [1.807, 2.05) is 41.8 Å². The number of pyridine rings is 2. The Balaban J connectivity index is 1.91. The second kappa shape index (κ2) is 6.27. The van der Waals surface area contributed by atoms with E-state index in [-0.39, 0.29) is 5.91 Å². The summed E-state index contributed by atoms with van der Waals surface area (Å²) < 4.78 is 2.73. The molecular weight excluding hydrogens is 344 g/mol. The van der Waals surface area contributed by atoms with E-state index in [2.05, 4.69) is 31.2 Å². The summed E-state index contributed by atoms with van der Waals surface area (Å²) in [5.41, 5.74) is 3.17. The summed E-state index contributed by atoms with van der Waals surface area (Å²) in [6.45, 7) is 2.46. The number of carbonyl (C=O) groups is 1. The van der Waals surface area contributed by atoms with E-state index >= 15 is 0 Å². The molecular formula is C16H15BrN4O. The maximum Gasteiger partial charge on any atom is 0.270 e. The Labute approximate surface area is 136 Å². The van der Waals surface area contributed by atoms with Gasteiger partial charge in [-0.25, -0.2) is 4.98 Å². The molecule has 0 unspecified atom stereocenters. The topological polar surface area (TPSA) is 59.3 Å². The van der Waals surface area contributed by atoms with Crippen molar-refractivity contribution in [1.82, 2.24) is 19.7 Å². The zero-order valence-corrected chi connectivity index (χ0v) is 13.7. The van der Waals surface area contributed by atoms with Crippen molar-refractivity contribution < 1.29 is 4.79 Å². The van der Waals surface area contributed by atoms with Gasteiger partial charge < -0.3 is 5.32 Å². The molecule has 0 radical (unpaired) electrons. The second-order valence-electron chi connectivity index (χ2n) is 4.87. The van der Waals surface area contributed by atoms with E-state index in [9.17, 15) is 4.79 Å². The number of imidazole rings is 1. The van der Waals surface area contributed by atoms with Gasteiger partial charge in [-0.2, -0.15) is 0 Å². The van der Waals surface area contributed by atoms with Crippen LogP contribution < -0.4 is 5.32 Å². The first-order valence-electron chi connectivity index (χ1n) is 7.02. The number of carbonyl (C=O) groups excluding carboxylic acids is 1. The van der Waals surface area contributed by atoms with Crippen molar-refractivity contribution in [3.63, 3.8) is 0 Å². The highest BCUT2D eigenvalue weighted by atomic mass is 79.9. The molecule has 5 nitrogen and oxygen atoms in total. The molecule has 0 aliphatic heterocycles. The van der Waals surface area contributed by atoms with Gasteiger partial charge in [0.2, 0.25) is 0 Å². The van der Waals surface area contributed by atoms with E-state index in [4.69, 9.17) is 0 Å². The van der Waals surface area contributed by atoms with Crippen molar-refractivity contribution in [2.24, 2.45) is 0 Å². The number of aromatic nitrogens is 3. The molecule has 1 amide bonds. The number of nitrogens with zero attached hydrogens (tertiary/aromatic N) is 3. The monoisotopic (exact) mass is 358 g/mol. The van der Waals surface area contributed by atoms with Crippen LogP contribution in [0.1, 0.15) is 28.7 Å². The molecule has 22 heavy (non-hydrogen) atoms. The molecule has 0 saturated heterocycles. The molecule has 6 heteroatoms. The van der Waals surface area contributed by atoms with Gasteiger partial charge in [0, 0.05) is 29.6 Å². The lowest BCUT2D eigenvalue weighted by Gasteiger charge is -2.07. The Kier molecular flexibility index (Phi) is 4.20. The average Bonchev–Trinajstić information content (AvgIpc) is 2.91. The number of halogens is 1. The van der Waals surface area contributed by atoms with Gasteiger partial charge in [0.1, 0.15) is 11.3 Å². The van der Waals surface area contributed by atoms with E-state index in [0.717, 1.165) is 21.4 Å². The van der Waals surface area contributed by atoms with Gasteiger partial charge in [0.25, 0.3) is 5.91 Å². The Morgan fingerprint density at radius 3 is 2.77 bits per heavy atom. The SMILES string of the molecule is CCc1nc2ccc(Br)cn2c1C(=O)NCc1ccncc1. The van der Waals surface area contributed by atoms with Crippen molar-refractivity contribution in [3.8, 4) is 0 Å². The molecule has 3 aromatic rings. The van der Waals surface area contributed by atoms with Crippen LogP contribution in [0.3, 0.4) is 0 Å². The van der Waals surface area contributed by atoms with E-state index in [1.165, 1.54) is 0 Å². The Bertz CT molecular complexity index is 814. The fourth-order valence-electron chi connectivity index (χ4n) is 2.32. The molecule has 112 valence electrons. The Morgan fingerprint density at radius 1 is 1.27 bits per heavy atom. The first-order valence-corrected chi connectivity index (χ1v) is 7.82. The van der Waals surface area contributed by atoms with Gasteiger partial charge in [0.05, 0.1) is 5.69 Å². The number of fused-ring (bicyclic) bond motifs is 1. The standard InChI is InChI=1S/C16H15BrN4O/c1-2-13-15(21-10-12(17)3-4-14(21)20-13)16(22)19-9-11-5-7-18-8-6-11/h3-8,10H,2,9H2,1H3,(H,19,22). The zero-order chi connectivity index (χ0) is 15.5. The lowest BCUT2D eigenvalue weighted by Crippen LogP contribution is -2.25. The van der Waals surface area contributed by atoms with Crippen molar-refractivity contribution in [1.29, 1.82) is 0 Å². The lowest BCUT2D eigenvalue weighted by atomic mass is 10.2. The van der Waals surface area contributed by atoms with Crippen LogP contribution >= 0.6 is 15.9 Å². The van der Waals surface area contributed by atoms with Crippen LogP contribution in [0.5, 0.6) is 0 Å². The van der Waals surface area contributed by atoms with Gasteiger partial charge in [-0.1, -0.05) is 6.92 Å². The maximum absolute atomic E-state index is 12.6. The highest BCUT2D eigenvalue weighted by molar-refractivity contribution is 9.10. The number of amides is 1. The number of aryl methyl sites for hydroxylation is 1. The minimum Gasteiger partial charge on any atom is -0.347 e. The van der Waals surface area contributed by atoms with Crippen LogP contribution in [0, 0.1) is 0 Å². The minimum absolute atomic E-state index is 0.126. The van der Waals surface area contributed by atoms with Crippen LogP contribution in [-0.2, 0) is 13.0 Å². The quantitative estimate of drug-likeness (QED) is 0.779. The third-order valence-corrected chi connectivity index (χ3v) is 3.88. The molecule has 0 aromatic carbocycles. The van der Waals surface area contributed by atoms with Crippen LogP contribution in [0.15, 0.2) is 47.3 Å². The first-order chi connectivity index (χ1) is 10.7. The summed E-state index contributed by atoms with van der Waals surface area (Å²) in [7, 11) is 0. The van der Waals surface area contributed by atoms with Crippen LogP contribution in [0.25, 0.3) is 5.65 Å². The fraction of sp³-hybridized carbons (Fsp3) is 0.188. The lowest BCUT2D eigenvalue weighted by molar-refractivity contribution is 0.0944. The molecule has 0 saturated carbocycles. The molecule has 0 aliphatic rings. The van der Waals surface area contributed by atoms with Crippen molar-refractivity contribution in [2.45, 2.75) is 19.9 Å². The largest absolute Gasteiger partial charge is 0.347 e. The van der Waals surface area contributed by atoms with Crippen molar-refractivity contribution >= 4 is 27.5 Å². The summed E-state index contributed by atoms with van der Waals surface area (Å²) >= 11 is 3.44. The zero-order valence-electron chi connectivity index (χ0n) is 12.1. The fourth-order valence-corrected chi connectivity index (χ4v) is 2.66. The first kappa shape index (κ1) is 14.7. The van der Waals surface area contributed by atoms with E-state index in [0.29, 0.717) is 18.7 Å². The molecule has 3 rings (SSSR count). The minimum atomic E-state index is -0.126. The Hall–Kier alpha value is -2.21. The van der Waals surface area contributed by atoms with Gasteiger partial charge in [-0.15, -0.1) is 0 Å². The van der Waals surface area contributed by atoms with Crippen molar-refractivity contribution in [3.05, 3.63) is 64.3 Å². The summed E-state index contributed by atoms with van der Waals surface area (Å²) in [6.07, 6.45) is 5.99. The van der Waals surface area contributed by atoms with Crippen molar-refractivity contribution in [2.75, 3.05) is 0 Å². The number of nitrogens with one attached hydrogen (secondary N) is 1. The highest BCUT2D eigenvalue weighted by Crippen LogP contribution is 2.17. The predicted molar refractivity (Wildman–Crippen MR) is 87.7 cm³/mol. The third-order valence-electron chi connectivity index (χ3n) is 3.41. The predicted octanol–water partition coefficient (Wildman–Crippen LogP) is 2.98. The average molecular weight is 359 g/mol. The summed E-state index contributed by atoms with van der Waals surface area (Å²) in [5.74, 6) is -0.126. The van der Waals surface area contributed by atoms with Crippen LogP contribution in [-0.4, -0.2) is 20.3 Å². The van der Waals surface area contributed by atoms with Crippen LogP contribution in [0.4, 0.5) is 0 Å². The molecule has 3 aromatic heterocycles. The van der Waals surface area contributed by atoms with E-state index in [1.54, 1.807) is 12.4 Å². The third kappa shape index (κ3) is 2.87. The molecule has 0 bridgehead atoms. The molecule has 1 N–H and O–H groups in total. The number of hydrogen-bond donors (Lipinski definition) is 1. The van der Waals surface area contributed by atoms with Crippen LogP contribution in [0.2, 0.25) is 0 Å². The molecule has 0 spiro atoms. The smallest absolute Gasteiger partial charge is 0.270 e. The summed E-state index contributed by atoms with van der Waals surface area (Å²) in [4.78, 5) is 21.1. The molecule has 0 fully saturated rings. The van der Waals surface area contributed by atoms with Gasteiger partial charge in [-0.05, 0) is 52.2 Å². The molecule has 3 heterocycles. The second-order valence-corrected chi connectivity index (χ2v) is 5.79. The summed E-state index contributed by atoms with van der Waals surface area (Å²) in [6, 6.07) is 7.57. The van der Waals surface area contributed by atoms with Gasteiger partial charge in [-0.3, -0.25) is 14.2 Å². The van der Waals surface area contributed by atoms with Gasteiger partial charge in [0.15, 0.2) is 0 Å². The van der Waals surface area contributed by atoms with E-state index < -0.39 is 0 Å². The molecule has 0 atom stereocenters. The van der Waals surface area contributed by atoms with Gasteiger partial charge >= 0.3 is 0 Å². The maximum atomic E-state index is 12.6.